The van der Waals surface area contributed by atoms with Gasteiger partial charge in [0.25, 0.3) is 0 Å². The van der Waals surface area contributed by atoms with Gasteiger partial charge in [0.1, 0.15) is 0 Å². The number of rotatable bonds is 9. The lowest BCUT2D eigenvalue weighted by molar-refractivity contribution is -0.115. The van der Waals surface area contributed by atoms with Crippen LogP contribution >= 0.6 is 0 Å². The number of nitrogens with zero attached hydrogens (tertiary/aromatic N) is 1. The molecule has 2 rings (SSSR count). The summed E-state index contributed by atoms with van der Waals surface area (Å²) in [5.41, 5.74) is 6.25. The lowest BCUT2D eigenvalue weighted by Gasteiger charge is -2.18. The fraction of sp³-hybridized carbons (Fsp3) is 0.417. The van der Waals surface area contributed by atoms with Crippen molar-refractivity contribution in [3.63, 3.8) is 0 Å². The molecule has 3 N–H and O–H groups in total. The van der Waals surface area contributed by atoms with E-state index in [0.717, 1.165) is 47.6 Å². The van der Waals surface area contributed by atoms with Crippen molar-refractivity contribution in [2.75, 3.05) is 25.0 Å². The molecule has 0 aliphatic rings. The second kappa shape index (κ2) is 11.4. The number of benzene rings is 2. The summed E-state index contributed by atoms with van der Waals surface area (Å²) in [6, 6.07) is 11.9. The van der Waals surface area contributed by atoms with Gasteiger partial charge in [-0.1, -0.05) is 55.8 Å². The van der Waals surface area contributed by atoms with Gasteiger partial charge in [0.05, 0.1) is 6.54 Å². The van der Waals surface area contributed by atoms with Crippen LogP contribution in [0.4, 0.5) is 10.5 Å². The fourth-order valence-corrected chi connectivity index (χ4v) is 3.43. The van der Waals surface area contributed by atoms with E-state index in [9.17, 15) is 9.59 Å². The Morgan fingerprint density at radius 2 is 1.43 bits per heavy atom. The molecule has 0 aliphatic heterocycles. The zero-order chi connectivity index (χ0) is 22.1. The predicted octanol–water partition coefficient (Wildman–Crippen LogP) is 3.89. The maximum atomic E-state index is 12.2. The minimum absolute atomic E-state index is 0.0819. The van der Waals surface area contributed by atoms with Crippen LogP contribution in [0.5, 0.6) is 0 Å². The van der Waals surface area contributed by atoms with Crippen molar-refractivity contribution in [2.24, 2.45) is 0 Å². The van der Waals surface area contributed by atoms with E-state index in [1.54, 1.807) is 0 Å². The van der Waals surface area contributed by atoms with Crippen LogP contribution in [0.1, 0.15) is 41.7 Å². The van der Waals surface area contributed by atoms with E-state index in [2.05, 4.69) is 46.8 Å². The zero-order valence-electron chi connectivity index (χ0n) is 18.8. The Balaban J connectivity index is 1.76. The molecule has 0 aliphatic carbocycles. The quantitative estimate of drug-likeness (QED) is 0.587. The van der Waals surface area contributed by atoms with Crippen LogP contribution < -0.4 is 16.0 Å². The number of amides is 3. The zero-order valence-corrected chi connectivity index (χ0v) is 18.8. The normalized spacial score (nSPS) is 10.7. The summed E-state index contributed by atoms with van der Waals surface area (Å²) in [4.78, 5) is 26.6. The predicted molar refractivity (Wildman–Crippen MR) is 123 cm³/mol. The number of carbonyl (C=O) groups excluding carboxylic acids is 2. The number of hydrogen-bond acceptors (Lipinski definition) is 3. The summed E-state index contributed by atoms with van der Waals surface area (Å²) in [5.74, 6) is -0.249. The Hall–Kier alpha value is -2.86. The van der Waals surface area contributed by atoms with E-state index < -0.39 is 0 Å². The molecule has 6 heteroatoms. The molecule has 0 unspecified atom stereocenters. The number of carbonyl (C=O) groups is 2. The second-order valence-electron chi connectivity index (χ2n) is 7.64. The summed E-state index contributed by atoms with van der Waals surface area (Å²) < 4.78 is 0. The molecule has 30 heavy (non-hydrogen) atoms. The van der Waals surface area contributed by atoms with Crippen LogP contribution in [0, 0.1) is 20.8 Å². The maximum absolute atomic E-state index is 12.2. The van der Waals surface area contributed by atoms with Gasteiger partial charge in [0, 0.05) is 18.8 Å². The third kappa shape index (κ3) is 7.19. The highest BCUT2D eigenvalue weighted by atomic mass is 16.2. The van der Waals surface area contributed by atoms with E-state index >= 15 is 0 Å². The van der Waals surface area contributed by atoms with Gasteiger partial charge in [-0.25, -0.2) is 4.79 Å². The van der Waals surface area contributed by atoms with Gasteiger partial charge in [-0.05, 0) is 56.1 Å². The van der Waals surface area contributed by atoms with Gasteiger partial charge in [-0.3, -0.25) is 9.69 Å². The largest absolute Gasteiger partial charge is 0.334 e. The SMILES string of the molecule is CCN(CC)Cc1ccc(CNC(=O)NCC(=O)Nc2c(C)cc(C)cc2C)cc1. The number of nitrogens with one attached hydrogen (secondary N) is 3. The average molecular weight is 411 g/mol. The number of hydrogen-bond donors (Lipinski definition) is 3. The monoisotopic (exact) mass is 410 g/mol. The number of aryl methyl sites for hydroxylation is 3. The summed E-state index contributed by atoms with van der Waals surface area (Å²) in [6.45, 7) is 13.6. The van der Waals surface area contributed by atoms with Crippen LogP contribution in [0.3, 0.4) is 0 Å². The third-order valence-electron chi connectivity index (χ3n) is 5.13. The Morgan fingerprint density at radius 3 is 2.00 bits per heavy atom. The first-order valence-corrected chi connectivity index (χ1v) is 10.5. The number of urea groups is 1. The Morgan fingerprint density at radius 1 is 0.867 bits per heavy atom. The van der Waals surface area contributed by atoms with Gasteiger partial charge in [-0.2, -0.15) is 0 Å². The molecule has 0 atom stereocenters. The van der Waals surface area contributed by atoms with E-state index in [4.69, 9.17) is 0 Å². The summed E-state index contributed by atoms with van der Waals surface area (Å²) in [6.07, 6.45) is 0. The van der Waals surface area contributed by atoms with Crippen molar-refractivity contribution >= 4 is 17.6 Å². The molecule has 162 valence electrons. The van der Waals surface area contributed by atoms with E-state index in [-0.39, 0.29) is 18.5 Å². The molecule has 2 aromatic carbocycles. The molecular weight excluding hydrogens is 376 g/mol. The van der Waals surface area contributed by atoms with Crippen molar-refractivity contribution in [2.45, 2.75) is 47.7 Å². The molecule has 0 bridgehead atoms. The van der Waals surface area contributed by atoms with Gasteiger partial charge in [0.2, 0.25) is 5.91 Å². The molecule has 0 saturated carbocycles. The molecule has 0 fully saturated rings. The molecule has 0 spiro atoms. The first-order chi connectivity index (χ1) is 14.3. The highest BCUT2D eigenvalue weighted by Crippen LogP contribution is 2.21. The highest BCUT2D eigenvalue weighted by Gasteiger charge is 2.10. The molecular formula is C24H34N4O2. The van der Waals surface area contributed by atoms with Crippen LogP contribution in [0.2, 0.25) is 0 Å². The summed E-state index contributed by atoms with van der Waals surface area (Å²) >= 11 is 0. The fourth-order valence-electron chi connectivity index (χ4n) is 3.43. The maximum Gasteiger partial charge on any atom is 0.315 e. The van der Waals surface area contributed by atoms with Crippen molar-refractivity contribution in [3.8, 4) is 0 Å². The molecule has 0 aromatic heterocycles. The first-order valence-electron chi connectivity index (χ1n) is 10.5. The van der Waals surface area contributed by atoms with Crippen LogP contribution in [-0.2, 0) is 17.9 Å². The Labute approximate surface area is 180 Å². The van der Waals surface area contributed by atoms with Gasteiger partial charge in [-0.15, -0.1) is 0 Å². The van der Waals surface area contributed by atoms with Crippen molar-refractivity contribution in [1.82, 2.24) is 15.5 Å². The topological polar surface area (TPSA) is 73.5 Å². The number of anilines is 1. The van der Waals surface area contributed by atoms with Crippen molar-refractivity contribution in [3.05, 3.63) is 64.2 Å². The van der Waals surface area contributed by atoms with Crippen molar-refractivity contribution < 1.29 is 9.59 Å². The van der Waals surface area contributed by atoms with Crippen LogP contribution in [-0.4, -0.2) is 36.5 Å². The molecule has 0 radical (unpaired) electrons. The highest BCUT2D eigenvalue weighted by molar-refractivity contribution is 5.95. The van der Waals surface area contributed by atoms with Gasteiger partial charge < -0.3 is 16.0 Å². The minimum atomic E-state index is -0.366. The van der Waals surface area contributed by atoms with E-state index in [1.807, 2.05) is 45.0 Å². The molecule has 0 saturated heterocycles. The third-order valence-corrected chi connectivity index (χ3v) is 5.13. The van der Waals surface area contributed by atoms with Crippen LogP contribution in [0.15, 0.2) is 36.4 Å². The standard InChI is InChI=1S/C24H34N4O2/c1-6-28(7-2)16-21-10-8-20(9-11-21)14-25-24(30)26-15-22(29)27-23-18(4)12-17(3)13-19(23)5/h8-13H,6-7,14-16H2,1-5H3,(H,27,29)(H2,25,26,30). The lowest BCUT2D eigenvalue weighted by Crippen LogP contribution is -2.39. The van der Waals surface area contributed by atoms with E-state index in [1.165, 1.54) is 5.56 Å². The van der Waals surface area contributed by atoms with Gasteiger partial charge >= 0.3 is 6.03 Å². The lowest BCUT2D eigenvalue weighted by atomic mass is 10.1. The second-order valence-corrected chi connectivity index (χ2v) is 7.64. The first kappa shape index (κ1) is 23.4. The van der Waals surface area contributed by atoms with Crippen LogP contribution in [0.25, 0.3) is 0 Å². The summed E-state index contributed by atoms with van der Waals surface area (Å²) in [5, 5.41) is 8.28. The van der Waals surface area contributed by atoms with E-state index in [0.29, 0.717) is 6.54 Å². The molecule has 0 heterocycles. The van der Waals surface area contributed by atoms with Gasteiger partial charge in [0.15, 0.2) is 0 Å². The molecule has 3 amide bonds. The molecule has 2 aromatic rings. The summed E-state index contributed by atoms with van der Waals surface area (Å²) in [7, 11) is 0. The minimum Gasteiger partial charge on any atom is -0.334 e. The van der Waals surface area contributed by atoms with Crippen molar-refractivity contribution in [1.29, 1.82) is 0 Å². The Bertz CT molecular complexity index is 835. The average Bonchev–Trinajstić information content (AvgIpc) is 2.72. The Kier molecular flexibility index (Phi) is 8.87. The smallest absolute Gasteiger partial charge is 0.315 e. The molecule has 6 nitrogen and oxygen atoms in total.